The molecule has 1 saturated heterocycles. The van der Waals surface area contributed by atoms with Gasteiger partial charge in [0.2, 0.25) is 0 Å². The van der Waals surface area contributed by atoms with Crippen molar-refractivity contribution in [2.75, 3.05) is 27.2 Å². The first-order chi connectivity index (χ1) is 8.47. The molecule has 0 aromatic carbocycles. The van der Waals surface area contributed by atoms with Gasteiger partial charge in [-0.3, -0.25) is 4.79 Å². The molecule has 1 aliphatic rings. The summed E-state index contributed by atoms with van der Waals surface area (Å²) in [5, 5.41) is 9.75. The molecule has 1 fully saturated rings. The number of β-amino-alcohol motifs (C(OH)–C–C–N with tert-alkyl or cyclic N) is 1. The third-order valence-electron chi connectivity index (χ3n) is 3.01. The fraction of sp³-hybridized carbons (Fsp3) is 0.583. The van der Waals surface area contributed by atoms with Crippen LogP contribution in [0.15, 0.2) is 12.1 Å². The molecule has 0 spiro atoms. The van der Waals surface area contributed by atoms with Crippen LogP contribution in [0.2, 0.25) is 4.34 Å². The van der Waals surface area contributed by atoms with Crippen molar-refractivity contribution in [2.45, 2.75) is 18.6 Å². The SMILES string of the molecule is CN(C)CC1CC(O)CN1C(=O)c1ccc(Cl)s1. The number of hydrogen-bond donors (Lipinski definition) is 1. The zero-order chi connectivity index (χ0) is 13.3. The molecule has 1 aliphatic heterocycles. The lowest BCUT2D eigenvalue weighted by Crippen LogP contribution is -2.41. The van der Waals surface area contributed by atoms with Crippen molar-refractivity contribution >= 4 is 28.8 Å². The molecule has 2 heterocycles. The van der Waals surface area contributed by atoms with Crippen LogP contribution in [0.4, 0.5) is 0 Å². The second kappa shape index (κ2) is 5.57. The highest BCUT2D eigenvalue weighted by atomic mass is 35.5. The maximum atomic E-state index is 12.3. The van der Waals surface area contributed by atoms with E-state index in [2.05, 4.69) is 0 Å². The lowest BCUT2D eigenvalue weighted by Gasteiger charge is -2.26. The molecule has 4 nitrogen and oxygen atoms in total. The van der Waals surface area contributed by atoms with Crippen molar-refractivity contribution in [1.82, 2.24) is 9.80 Å². The number of likely N-dealkylation sites (tertiary alicyclic amines) is 1. The Morgan fingerprint density at radius 1 is 1.61 bits per heavy atom. The number of carbonyl (C=O) groups excluding carboxylic acids is 1. The van der Waals surface area contributed by atoms with Crippen molar-refractivity contribution in [3.8, 4) is 0 Å². The second-order valence-corrected chi connectivity index (χ2v) is 6.58. The standard InChI is InChI=1S/C12H17ClN2O2S/c1-14(2)6-8-5-9(16)7-15(8)12(17)10-3-4-11(13)18-10/h3-4,8-9,16H,5-7H2,1-2H3. The minimum atomic E-state index is -0.422. The smallest absolute Gasteiger partial charge is 0.264 e. The number of aliphatic hydroxyl groups excluding tert-OH is 1. The molecule has 0 radical (unpaired) electrons. The summed E-state index contributed by atoms with van der Waals surface area (Å²) in [5.41, 5.74) is 0. The molecule has 6 heteroatoms. The third-order valence-corrected chi connectivity index (χ3v) is 4.23. The van der Waals surface area contributed by atoms with Gasteiger partial charge in [0.15, 0.2) is 0 Å². The lowest BCUT2D eigenvalue weighted by atomic mass is 10.2. The fourth-order valence-corrected chi connectivity index (χ4v) is 3.31. The molecule has 1 aromatic rings. The van der Waals surface area contributed by atoms with E-state index < -0.39 is 6.10 Å². The summed E-state index contributed by atoms with van der Waals surface area (Å²) in [4.78, 5) is 16.8. The van der Waals surface area contributed by atoms with Gasteiger partial charge in [0.1, 0.15) is 0 Å². The van der Waals surface area contributed by atoms with Gasteiger partial charge >= 0.3 is 0 Å². The topological polar surface area (TPSA) is 43.8 Å². The molecular weight excluding hydrogens is 272 g/mol. The van der Waals surface area contributed by atoms with E-state index >= 15 is 0 Å². The zero-order valence-electron chi connectivity index (χ0n) is 10.5. The van der Waals surface area contributed by atoms with Crippen molar-refractivity contribution in [3.05, 3.63) is 21.3 Å². The van der Waals surface area contributed by atoms with Gasteiger partial charge in [-0.05, 0) is 32.6 Å². The molecule has 1 amide bonds. The summed E-state index contributed by atoms with van der Waals surface area (Å²) in [7, 11) is 3.94. The normalized spacial score (nSPS) is 23.9. The number of rotatable bonds is 3. The molecule has 2 unspecified atom stereocenters. The van der Waals surface area contributed by atoms with Gasteiger partial charge in [0.05, 0.1) is 15.3 Å². The summed E-state index contributed by atoms with van der Waals surface area (Å²) < 4.78 is 0.613. The van der Waals surface area contributed by atoms with E-state index in [-0.39, 0.29) is 11.9 Å². The molecule has 18 heavy (non-hydrogen) atoms. The van der Waals surface area contributed by atoms with Crippen LogP contribution < -0.4 is 0 Å². The molecule has 0 saturated carbocycles. The molecule has 0 bridgehead atoms. The van der Waals surface area contributed by atoms with Gasteiger partial charge in [-0.15, -0.1) is 11.3 Å². The Morgan fingerprint density at radius 3 is 2.89 bits per heavy atom. The highest BCUT2D eigenvalue weighted by molar-refractivity contribution is 7.17. The Hall–Kier alpha value is -0.620. The summed E-state index contributed by atoms with van der Waals surface area (Å²) in [6, 6.07) is 3.54. The minimum Gasteiger partial charge on any atom is -0.391 e. The van der Waals surface area contributed by atoms with E-state index in [1.807, 2.05) is 19.0 Å². The van der Waals surface area contributed by atoms with Gasteiger partial charge in [-0.1, -0.05) is 11.6 Å². The van der Waals surface area contributed by atoms with Gasteiger partial charge in [-0.25, -0.2) is 0 Å². The predicted molar refractivity (Wildman–Crippen MR) is 73.3 cm³/mol. The Labute approximate surface area is 116 Å². The van der Waals surface area contributed by atoms with Crippen molar-refractivity contribution in [1.29, 1.82) is 0 Å². The monoisotopic (exact) mass is 288 g/mol. The maximum absolute atomic E-state index is 12.3. The first-order valence-electron chi connectivity index (χ1n) is 5.86. The van der Waals surface area contributed by atoms with Crippen LogP contribution in [-0.4, -0.2) is 60.1 Å². The summed E-state index contributed by atoms with van der Waals surface area (Å²) in [6.45, 7) is 1.18. The number of thiophene rings is 1. The second-order valence-electron chi connectivity index (χ2n) is 4.87. The van der Waals surface area contributed by atoms with Crippen LogP contribution >= 0.6 is 22.9 Å². The molecule has 2 rings (SSSR count). The number of halogens is 1. The Morgan fingerprint density at radius 2 is 2.33 bits per heavy atom. The van der Waals surface area contributed by atoms with Crippen molar-refractivity contribution in [2.24, 2.45) is 0 Å². The number of hydrogen-bond acceptors (Lipinski definition) is 4. The van der Waals surface area contributed by atoms with E-state index in [1.54, 1.807) is 17.0 Å². The zero-order valence-corrected chi connectivity index (χ0v) is 12.0. The molecule has 100 valence electrons. The first-order valence-corrected chi connectivity index (χ1v) is 7.06. The minimum absolute atomic E-state index is 0.0321. The molecular formula is C12H17ClN2O2S. The highest BCUT2D eigenvalue weighted by Gasteiger charge is 2.35. The van der Waals surface area contributed by atoms with E-state index in [1.165, 1.54) is 11.3 Å². The van der Waals surface area contributed by atoms with Crippen molar-refractivity contribution < 1.29 is 9.90 Å². The van der Waals surface area contributed by atoms with Crippen LogP contribution in [0.5, 0.6) is 0 Å². The lowest BCUT2D eigenvalue weighted by molar-refractivity contribution is 0.0704. The van der Waals surface area contributed by atoms with Crippen molar-refractivity contribution in [3.63, 3.8) is 0 Å². The molecule has 1 N–H and O–H groups in total. The number of nitrogens with zero attached hydrogens (tertiary/aromatic N) is 2. The number of amides is 1. The largest absolute Gasteiger partial charge is 0.391 e. The molecule has 1 aromatic heterocycles. The van der Waals surface area contributed by atoms with E-state index in [4.69, 9.17) is 11.6 Å². The van der Waals surface area contributed by atoms with E-state index in [9.17, 15) is 9.90 Å². The van der Waals surface area contributed by atoms with E-state index in [0.717, 1.165) is 6.54 Å². The average molecular weight is 289 g/mol. The van der Waals surface area contributed by atoms with Crippen LogP contribution in [-0.2, 0) is 0 Å². The number of likely N-dealkylation sites (N-methyl/N-ethyl adjacent to an activating group) is 1. The van der Waals surface area contributed by atoms with Crippen LogP contribution in [0.1, 0.15) is 16.1 Å². The Bertz CT molecular complexity index is 435. The Balaban J connectivity index is 2.12. The van der Waals surface area contributed by atoms with Crippen LogP contribution in [0, 0.1) is 0 Å². The summed E-state index contributed by atoms with van der Waals surface area (Å²) >= 11 is 7.13. The van der Waals surface area contributed by atoms with Gasteiger partial charge in [0.25, 0.3) is 5.91 Å². The summed E-state index contributed by atoms with van der Waals surface area (Å²) in [6.07, 6.45) is 0.220. The van der Waals surface area contributed by atoms with Gasteiger partial charge in [0, 0.05) is 19.1 Å². The van der Waals surface area contributed by atoms with Crippen LogP contribution in [0.3, 0.4) is 0 Å². The molecule has 0 aliphatic carbocycles. The number of carbonyl (C=O) groups is 1. The quantitative estimate of drug-likeness (QED) is 0.917. The Kier molecular flexibility index (Phi) is 4.27. The fourth-order valence-electron chi connectivity index (χ4n) is 2.31. The predicted octanol–water partition coefficient (Wildman–Crippen LogP) is 1.54. The van der Waals surface area contributed by atoms with Gasteiger partial charge in [-0.2, -0.15) is 0 Å². The van der Waals surface area contributed by atoms with Gasteiger partial charge < -0.3 is 14.9 Å². The maximum Gasteiger partial charge on any atom is 0.264 e. The summed E-state index contributed by atoms with van der Waals surface area (Å²) in [5.74, 6) is -0.0321. The molecule has 2 atom stereocenters. The van der Waals surface area contributed by atoms with Crippen LogP contribution in [0.25, 0.3) is 0 Å². The third kappa shape index (κ3) is 3.03. The number of aliphatic hydroxyl groups is 1. The first kappa shape index (κ1) is 13.8. The van der Waals surface area contributed by atoms with E-state index in [0.29, 0.717) is 22.2 Å². The highest BCUT2D eigenvalue weighted by Crippen LogP contribution is 2.26. The average Bonchev–Trinajstić information content (AvgIpc) is 2.83.